The Balaban J connectivity index is 1.78. The van der Waals surface area contributed by atoms with Crippen molar-refractivity contribution in [2.75, 3.05) is 13.7 Å². The summed E-state index contributed by atoms with van der Waals surface area (Å²) in [4.78, 5) is 15.3. The number of ether oxygens (including phenoxy) is 1. The molecule has 0 unspecified atom stereocenters. The summed E-state index contributed by atoms with van der Waals surface area (Å²) in [5.41, 5.74) is -0.574. The summed E-state index contributed by atoms with van der Waals surface area (Å²) in [5.74, 6) is -0.131. The van der Waals surface area contributed by atoms with Crippen LogP contribution in [0.1, 0.15) is 43.4 Å². The van der Waals surface area contributed by atoms with Crippen LogP contribution >= 0.6 is 0 Å². The zero-order valence-electron chi connectivity index (χ0n) is 13.1. The Morgan fingerprint density at radius 2 is 2.04 bits per heavy atom. The first kappa shape index (κ1) is 17.7. The fourth-order valence-electron chi connectivity index (χ4n) is 2.82. The van der Waals surface area contributed by atoms with E-state index in [4.69, 9.17) is 4.74 Å². The van der Waals surface area contributed by atoms with Crippen LogP contribution in [-0.2, 0) is 22.1 Å². The number of aryl methyl sites for hydroxylation is 1. The number of carbonyl (C=O) groups excluding carboxylic acids is 1. The molecular formula is C16H21F3N2O2. The Labute approximate surface area is 133 Å². The Morgan fingerprint density at radius 3 is 2.57 bits per heavy atom. The highest BCUT2D eigenvalue weighted by atomic mass is 19.4. The number of amides is 1. The highest BCUT2D eigenvalue weighted by molar-refractivity contribution is 5.76. The molecule has 1 aromatic rings. The molecule has 0 aromatic carbocycles. The third-order valence-electron chi connectivity index (χ3n) is 4.31. The largest absolute Gasteiger partial charge is 0.433 e. The number of rotatable bonds is 6. The topological polar surface area (TPSA) is 51.2 Å². The first-order valence-corrected chi connectivity index (χ1v) is 7.69. The van der Waals surface area contributed by atoms with E-state index >= 15 is 0 Å². The maximum atomic E-state index is 12.4. The highest BCUT2D eigenvalue weighted by Crippen LogP contribution is 2.32. The van der Waals surface area contributed by atoms with Crippen LogP contribution in [0.25, 0.3) is 0 Å². The van der Waals surface area contributed by atoms with Crippen molar-refractivity contribution in [3.05, 3.63) is 29.6 Å². The highest BCUT2D eigenvalue weighted by Gasteiger charge is 2.34. The number of nitrogens with one attached hydrogen (secondary N) is 1. The Kier molecular flexibility index (Phi) is 5.62. The average Bonchev–Trinajstić information content (AvgIpc) is 3.00. The fourth-order valence-corrected chi connectivity index (χ4v) is 2.82. The van der Waals surface area contributed by atoms with E-state index in [-0.39, 0.29) is 17.9 Å². The van der Waals surface area contributed by atoms with Gasteiger partial charge in [-0.15, -0.1) is 0 Å². The zero-order chi connectivity index (χ0) is 16.9. The predicted molar refractivity (Wildman–Crippen MR) is 78.8 cm³/mol. The molecule has 128 valence electrons. The van der Waals surface area contributed by atoms with Crippen molar-refractivity contribution in [3.8, 4) is 0 Å². The summed E-state index contributed by atoms with van der Waals surface area (Å²) < 4.78 is 42.8. The van der Waals surface area contributed by atoms with Gasteiger partial charge in [-0.2, -0.15) is 13.2 Å². The smallest absolute Gasteiger partial charge is 0.376 e. The van der Waals surface area contributed by atoms with Crippen LogP contribution in [-0.4, -0.2) is 30.1 Å². The molecule has 1 aromatic heterocycles. The molecule has 0 saturated heterocycles. The maximum absolute atomic E-state index is 12.4. The molecule has 1 amide bonds. The molecule has 7 heteroatoms. The molecular weight excluding hydrogens is 309 g/mol. The number of aromatic nitrogens is 1. The van der Waals surface area contributed by atoms with Crippen molar-refractivity contribution in [1.82, 2.24) is 10.3 Å². The van der Waals surface area contributed by atoms with E-state index in [1.54, 1.807) is 7.11 Å². The molecule has 1 aliphatic carbocycles. The number of nitrogens with zero attached hydrogens (tertiary/aromatic N) is 1. The van der Waals surface area contributed by atoms with Gasteiger partial charge in [-0.3, -0.25) is 9.78 Å². The normalized spacial score (nSPS) is 17.2. The summed E-state index contributed by atoms with van der Waals surface area (Å²) in [6.45, 7) is 0.480. The fraction of sp³-hybridized carbons (Fsp3) is 0.625. The van der Waals surface area contributed by atoms with Gasteiger partial charge in [-0.05, 0) is 30.9 Å². The summed E-state index contributed by atoms with van der Waals surface area (Å²) in [6, 6.07) is 2.29. The Hall–Kier alpha value is -1.63. The molecule has 0 bridgehead atoms. The van der Waals surface area contributed by atoms with Gasteiger partial charge < -0.3 is 10.1 Å². The third kappa shape index (κ3) is 4.92. The second kappa shape index (κ2) is 7.29. The SMILES string of the molecule is COC1(CNC(=O)CCc2ccc(C(F)(F)F)nc2)CCCC1. The lowest BCUT2D eigenvalue weighted by atomic mass is 10.0. The van der Waals surface area contributed by atoms with E-state index in [1.807, 2.05) is 0 Å². The number of hydrogen-bond acceptors (Lipinski definition) is 3. The lowest BCUT2D eigenvalue weighted by molar-refractivity contribution is -0.141. The van der Waals surface area contributed by atoms with E-state index < -0.39 is 11.9 Å². The molecule has 1 heterocycles. The number of halogens is 3. The summed E-state index contributed by atoms with van der Waals surface area (Å²) in [7, 11) is 1.66. The quantitative estimate of drug-likeness (QED) is 0.872. The molecule has 1 saturated carbocycles. The minimum Gasteiger partial charge on any atom is -0.376 e. The van der Waals surface area contributed by atoms with Gasteiger partial charge in [0.05, 0.1) is 5.60 Å². The summed E-state index contributed by atoms with van der Waals surface area (Å²) >= 11 is 0. The Bertz CT molecular complexity index is 523. The lowest BCUT2D eigenvalue weighted by Crippen LogP contribution is -2.42. The molecule has 4 nitrogen and oxygen atoms in total. The van der Waals surface area contributed by atoms with Crippen LogP contribution < -0.4 is 5.32 Å². The molecule has 1 aliphatic rings. The average molecular weight is 330 g/mol. The van der Waals surface area contributed by atoms with Crippen molar-refractivity contribution < 1.29 is 22.7 Å². The number of carbonyl (C=O) groups is 1. The molecule has 1 N–H and O–H groups in total. The minimum absolute atomic E-state index is 0.131. The van der Waals surface area contributed by atoms with Crippen molar-refractivity contribution in [2.24, 2.45) is 0 Å². The van der Waals surface area contributed by atoms with Crippen molar-refractivity contribution in [2.45, 2.75) is 50.3 Å². The van der Waals surface area contributed by atoms with Crippen LogP contribution in [0.2, 0.25) is 0 Å². The number of methoxy groups -OCH3 is 1. The van der Waals surface area contributed by atoms with Crippen LogP contribution in [0, 0.1) is 0 Å². The van der Waals surface area contributed by atoms with E-state index in [1.165, 1.54) is 12.3 Å². The van der Waals surface area contributed by atoms with Crippen LogP contribution in [0.4, 0.5) is 13.2 Å². The first-order valence-electron chi connectivity index (χ1n) is 7.69. The lowest BCUT2D eigenvalue weighted by Gasteiger charge is -2.27. The number of pyridine rings is 1. The van der Waals surface area contributed by atoms with Gasteiger partial charge in [0.2, 0.25) is 5.91 Å². The first-order chi connectivity index (χ1) is 10.8. The predicted octanol–water partition coefficient (Wildman–Crippen LogP) is 3.11. The van der Waals surface area contributed by atoms with Gasteiger partial charge in [-0.1, -0.05) is 18.9 Å². The van der Waals surface area contributed by atoms with E-state index in [0.29, 0.717) is 18.5 Å². The molecule has 0 aliphatic heterocycles. The van der Waals surface area contributed by atoms with Gasteiger partial charge in [0, 0.05) is 26.3 Å². The van der Waals surface area contributed by atoms with Crippen LogP contribution in [0.3, 0.4) is 0 Å². The zero-order valence-corrected chi connectivity index (χ0v) is 13.1. The summed E-state index contributed by atoms with van der Waals surface area (Å²) in [6.07, 6.45) is 1.38. The number of alkyl halides is 3. The van der Waals surface area contributed by atoms with Crippen LogP contribution in [0.15, 0.2) is 18.3 Å². The van der Waals surface area contributed by atoms with E-state index in [9.17, 15) is 18.0 Å². The second-order valence-electron chi connectivity index (χ2n) is 5.92. The third-order valence-corrected chi connectivity index (χ3v) is 4.31. The molecule has 23 heavy (non-hydrogen) atoms. The van der Waals surface area contributed by atoms with Crippen molar-refractivity contribution in [1.29, 1.82) is 0 Å². The van der Waals surface area contributed by atoms with E-state index in [0.717, 1.165) is 31.7 Å². The van der Waals surface area contributed by atoms with Gasteiger partial charge in [0.15, 0.2) is 0 Å². The van der Waals surface area contributed by atoms with Crippen molar-refractivity contribution >= 4 is 5.91 Å². The molecule has 0 radical (unpaired) electrons. The standard InChI is InChI=1S/C16H21F3N2O2/c1-23-15(8-2-3-9-15)11-21-14(22)7-5-12-4-6-13(20-10-12)16(17,18)19/h4,6,10H,2-3,5,7-9,11H2,1H3,(H,21,22). The molecule has 2 rings (SSSR count). The van der Waals surface area contributed by atoms with Gasteiger partial charge in [0.1, 0.15) is 5.69 Å². The molecule has 0 atom stereocenters. The second-order valence-corrected chi connectivity index (χ2v) is 5.92. The summed E-state index contributed by atoms with van der Waals surface area (Å²) in [5, 5.41) is 2.86. The molecule has 0 spiro atoms. The van der Waals surface area contributed by atoms with Gasteiger partial charge >= 0.3 is 6.18 Å². The minimum atomic E-state index is -4.44. The molecule has 1 fully saturated rings. The Morgan fingerprint density at radius 1 is 1.35 bits per heavy atom. The maximum Gasteiger partial charge on any atom is 0.433 e. The monoisotopic (exact) mass is 330 g/mol. The van der Waals surface area contributed by atoms with Gasteiger partial charge in [0.25, 0.3) is 0 Å². The number of hydrogen-bond donors (Lipinski definition) is 1. The van der Waals surface area contributed by atoms with Crippen LogP contribution in [0.5, 0.6) is 0 Å². The van der Waals surface area contributed by atoms with E-state index in [2.05, 4.69) is 10.3 Å². The van der Waals surface area contributed by atoms with Gasteiger partial charge in [-0.25, -0.2) is 0 Å². The van der Waals surface area contributed by atoms with Crippen molar-refractivity contribution in [3.63, 3.8) is 0 Å².